The Labute approximate surface area is 107 Å². The number of sulfone groups is 1. The molecule has 2 unspecified atom stereocenters. The predicted molar refractivity (Wildman–Crippen MR) is 66.6 cm³/mol. The summed E-state index contributed by atoms with van der Waals surface area (Å²) >= 11 is 0. The molecule has 0 amide bonds. The highest BCUT2D eigenvalue weighted by molar-refractivity contribution is 7.92. The van der Waals surface area contributed by atoms with Crippen molar-refractivity contribution in [1.29, 1.82) is 0 Å². The lowest BCUT2D eigenvalue weighted by molar-refractivity contribution is 0.0720. The van der Waals surface area contributed by atoms with Crippen molar-refractivity contribution in [2.75, 3.05) is 7.11 Å². The van der Waals surface area contributed by atoms with Gasteiger partial charge in [0.1, 0.15) is 5.82 Å². The Morgan fingerprint density at radius 1 is 1.33 bits per heavy atom. The van der Waals surface area contributed by atoms with Gasteiger partial charge in [-0.1, -0.05) is 6.07 Å². The third kappa shape index (κ3) is 2.72. The van der Waals surface area contributed by atoms with Crippen molar-refractivity contribution in [2.24, 2.45) is 0 Å². The van der Waals surface area contributed by atoms with Crippen molar-refractivity contribution in [1.82, 2.24) is 0 Å². The molecule has 1 aliphatic rings. The molecule has 0 heterocycles. The van der Waals surface area contributed by atoms with Gasteiger partial charge in [0.15, 0.2) is 9.84 Å². The zero-order valence-electron chi connectivity index (χ0n) is 10.3. The van der Waals surface area contributed by atoms with E-state index in [-0.39, 0.29) is 11.0 Å². The van der Waals surface area contributed by atoms with Gasteiger partial charge in [-0.25, -0.2) is 12.8 Å². The Balaban J connectivity index is 2.25. The second-order valence-electron chi connectivity index (χ2n) is 4.65. The highest BCUT2D eigenvalue weighted by atomic mass is 32.2. The van der Waals surface area contributed by atoms with Gasteiger partial charge in [0, 0.05) is 7.11 Å². The maximum Gasteiger partial charge on any atom is 0.181 e. The molecule has 3 nitrogen and oxygen atoms in total. The molecule has 5 heteroatoms. The molecule has 1 aliphatic carbocycles. The third-order valence-corrected chi connectivity index (χ3v) is 5.69. The van der Waals surface area contributed by atoms with Crippen LogP contribution in [0.1, 0.15) is 25.7 Å². The summed E-state index contributed by atoms with van der Waals surface area (Å²) in [6.07, 6.45) is 2.84. The summed E-state index contributed by atoms with van der Waals surface area (Å²) in [4.78, 5) is 0.0734. The van der Waals surface area contributed by atoms with Crippen LogP contribution in [0, 0.1) is 5.82 Å². The number of hydrogen-bond acceptors (Lipinski definition) is 3. The fourth-order valence-electron chi connectivity index (χ4n) is 2.43. The average Bonchev–Trinajstić information content (AvgIpc) is 2.39. The van der Waals surface area contributed by atoms with Gasteiger partial charge in [-0.3, -0.25) is 0 Å². The fourth-order valence-corrected chi connectivity index (χ4v) is 4.31. The van der Waals surface area contributed by atoms with Gasteiger partial charge in [-0.2, -0.15) is 0 Å². The molecule has 1 fully saturated rings. The molecule has 18 heavy (non-hydrogen) atoms. The van der Waals surface area contributed by atoms with E-state index in [9.17, 15) is 12.8 Å². The molecule has 2 rings (SSSR count). The fraction of sp³-hybridized carbons (Fsp3) is 0.538. The molecule has 1 aromatic rings. The maximum atomic E-state index is 13.1. The van der Waals surface area contributed by atoms with Crippen LogP contribution in [0.2, 0.25) is 0 Å². The zero-order valence-corrected chi connectivity index (χ0v) is 11.1. The summed E-state index contributed by atoms with van der Waals surface area (Å²) in [7, 11) is -1.85. The molecular weight excluding hydrogens is 255 g/mol. The second-order valence-corrected chi connectivity index (χ2v) is 6.88. The van der Waals surface area contributed by atoms with Crippen molar-refractivity contribution >= 4 is 9.84 Å². The quantitative estimate of drug-likeness (QED) is 0.849. The number of ether oxygens (including phenoxy) is 1. The van der Waals surface area contributed by atoms with Crippen molar-refractivity contribution in [3.05, 3.63) is 30.1 Å². The SMILES string of the molecule is COC1CCCC(S(=O)(=O)c2cccc(F)c2)C1. The van der Waals surface area contributed by atoms with Crippen LogP contribution in [-0.2, 0) is 14.6 Å². The number of halogens is 1. The van der Waals surface area contributed by atoms with E-state index in [0.717, 1.165) is 18.9 Å². The van der Waals surface area contributed by atoms with Gasteiger partial charge in [-0.15, -0.1) is 0 Å². The molecule has 1 saturated carbocycles. The van der Waals surface area contributed by atoms with E-state index < -0.39 is 20.9 Å². The Morgan fingerprint density at radius 2 is 2.11 bits per heavy atom. The van der Waals surface area contributed by atoms with Crippen LogP contribution in [0.3, 0.4) is 0 Å². The lowest BCUT2D eigenvalue weighted by Gasteiger charge is -2.27. The van der Waals surface area contributed by atoms with E-state index in [1.807, 2.05) is 0 Å². The summed E-state index contributed by atoms with van der Waals surface area (Å²) in [5, 5.41) is -0.460. The molecule has 0 bridgehead atoms. The van der Waals surface area contributed by atoms with Crippen LogP contribution < -0.4 is 0 Å². The Hall–Kier alpha value is -0.940. The molecule has 0 aromatic heterocycles. The van der Waals surface area contributed by atoms with E-state index in [4.69, 9.17) is 4.74 Å². The van der Waals surface area contributed by atoms with Crippen molar-refractivity contribution in [2.45, 2.75) is 41.9 Å². The molecule has 0 spiro atoms. The molecule has 100 valence electrons. The van der Waals surface area contributed by atoms with Crippen LogP contribution in [0.25, 0.3) is 0 Å². The van der Waals surface area contributed by atoms with Crippen LogP contribution in [0.5, 0.6) is 0 Å². The Kier molecular flexibility index (Phi) is 4.02. The van der Waals surface area contributed by atoms with E-state index in [2.05, 4.69) is 0 Å². The van der Waals surface area contributed by atoms with Gasteiger partial charge >= 0.3 is 0 Å². The molecular formula is C13H17FO3S. The van der Waals surface area contributed by atoms with Gasteiger partial charge in [-0.05, 0) is 43.9 Å². The Bertz CT molecular complexity index is 513. The van der Waals surface area contributed by atoms with Gasteiger partial charge in [0.2, 0.25) is 0 Å². The van der Waals surface area contributed by atoms with Gasteiger partial charge < -0.3 is 4.74 Å². The van der Waals surface area contributed by atoms with Crippen molar-refractivity contribution in [3.63, 3.8) is 0 Å². The number of rotatable bonds is 3. The number of hydrogen-bond donors (Lipinski definition) is 0. The normalized spacial score (nSPS) is 25.0. The lowest BCUT2D eigenvalue weighted by Crippen LogP contribution is -2.31. The highest BCUT2D eigenvalue weighted by Gasteiger charge is 2.33. The highest BCUT2D eigenvalue weighted by Crippen LogP contribution is 2.30. The lowest BCUT2D eigenvalue weighted by atomic mass is 9.97. The summed E-state index contributed by atoms with van der Waals surface area (Å²) in [6, 6.07) is 5.22. The molecule has 0 aliphatic heterocycles. The summed E-state index contributed by atoms with van der Waals surface area (Å²) in [6.45, 7) is 0. The first kappa shape index (κ1) is 13.5. The number of benzene rings is 1. The number of methoxy groups -OCH3 is 1. The standard InChI is InChI=1S/C13H17FO3S/c1-17-11-5-3-7-13(9-11)18(15,16)12-6-2-4-10(14)8-12/h2,4,6,8,11,13H,3,5,7,9H2,1H3. The van der Waals surface area contributed by atoms with Crippen LogP contribution in [0.15, 0.2) is 29.2 Å². The van der Waals surface area contributed by atoms with Crippen molar-refractivity contribution < 1.29 is 17.5 Å². The minimum Gasteiger partial charge on any atom is -0.381 e. The largest absolute Gasteiger partial charge is 0.381 e. The third-order valence-electron chi connectivity index (χ3n) is 3.47. The smallest absolute Gasteiger partial charge is 0.181 e. The first-order valence-electron chi connectivity index (χ1n) is 6.06. The first-order valence-corrected chi connectivity index (χ1v) is 7.61. The van der Waals surface area contributed by atoms with Crippen LogP contribution in [-0.4, -0.2) is 26.9 Å². The summed E-state index contributed by atoms with van der Waals surface area (Å²) < 4.78 is 43.1. The zero-order chi connectivity index (χ0) is 13.2. The van der Waals surface area contributed by atoms with Crippen LogP contribution in [0.4, 0.5) is 4.39 Å². The first-order chi connectivity index (χ1) is 8.54. The predicted octanol–water partition coefficient (Wildman–Crippen LogP) is 2.56. The second kappa shape index (κ2) is 5.36. The van der Waals surface area contributed by atoms with E-state index >= 15 is 0 Å². The minimum atomic E-state index is -3.45. The van der Waals surface area contributed by atoms with E-state index in [1.54, 1.807) is 7.11 Å². The van der Waals surface area contributed by atoms with E-state index in [0.29, 0.717) is 12.8 Å². The topological polar surface area (TPSA) is 43.4 Å². The summed E-state index contributed by atoms with van der Waals surface area (Å²) in [5.41, 5.74) is 0. The average molecular weight is 272 g/mol. The van der Waals surface area contributed by atoms with E-state index in [1.165, 1.54) is 18.2 Å². The molecule has 0 saturated heterocycles. The Morgan fingerprint density at radius 3 is 2.78 bits per heavy atom. The van der Waals surface area contributed by atoms with Gasteiger partial charge in [0.05, 0.1) is 16.2 Å². The molecule has 0 N–H and O–H groups in total. The molecule has 1 aromatic carbocycles. The van der Waals surface area contributed by atoms with Crippen LogP contribution >= 0.6 is 0 Å². The van der Waals surface area contributed by atoms with Gasteiger partial charge in [0.25, 0.3) is 0 Å². The maximum absolute atomic E-state index is 13.1. The van der Waals surface area contributed by atoms with Crippen molar-refractivity contribution in [3.8, 4) is 0 Å². The molecule has 2 atom stereocenters. The molecule has 0 radical (unpaired) electrons. The minimum absolute atomic E-state index is 0.00733. The summed E-state index contributed by atoms with van der Waals surface area (Å²) in [5.74, 6) is -0.518. The monoisotopic (exact) mass is 272 g/mol.